The molecule has 0 aliphatic heterocycles. The monoisotopic (exact) mass is 238 g/mol. The number of anilines is 1. The van der Waals surface area contributed by atoms with Gasteiger partial charge in [-0.2, -0.15) is 0 Å². The predicted molar refractivity (Wildman–Crippen MR) is 62.8 cm³/mol. The normalized spacial score (nSPS) is 9.76. The molecule has 1 aromatic heterocycles. The molecule has 0 unspecified atom stereocenters. The number of carbonyl (C=O) groups excluding carboxylic acids is 1. The van der Waals surface area contributed by atoms with Crippen LogP contribution >= 0.6 is 0 Å². The molecule has 0 radical (unpaired) electrons. The third-order valence-corrected chi connectivity index (χ3v) is 2.21. The number of amides is 1. The summed E-state index contributed by atoms with van der Waals surface area (Å²) < 4.78 is 0. The van der Waals surface area contributed by atoms with Crippen molar-refractivity contribution in [2.45, 2.75) is 13.3 Å². The highest BCUT2D eigenvalue weighted by atomic mass is 16.6. The second-order valence-corrected chi connectivity index (χ2v) is 3.46. The highest BCUT2D eigenvalue weighted by Crippen LogP contribution is 2.19. The van der Waals surface area contributed by atoms with E-state index < -0.39 is 4.92 Å². The Morgan fingerprint density at radius 3 is 2.88 bits per heavy atom. The summed E-state index contributed by atoms with van der Waals surface area (Å²) in [5, 5.41) is 16.0. The average Bonchev–Trinajstić information content (AvgIpc) is 2.30. The van der Waals surface area contributed by atoms with Gasteiger partial charge in [0.1, 0.15) is 5.82 Å². The van der Waals surface area contributed by atoms with Crippen LogP contribution in [0.15, 0.2) is 12.3 Å². The molecule has 0 fully saturated rings. The maximum absolute atomic E-state index is 11.0. The zero-order chi connectivity index (χ0) is 12.8. The van der Waals surface area contributed by atoms with Gasteiger partial charge in [0.25, 0.3) is 5.69 Å². The molecule has 7 heteroatoms. The lowest BCUT2D eigenvalue weighted by Crippen LogP contribution is -2.21. The minimum absolute atomic E-state index is 0.0162. The van der Waals surface area contributed by atoms with Crippen LogP contribution < -0.4 is 10.6 Å². The minimum atomic E-state index is -0.457. The summed E-state index contributed by atoms with van der Waals surface area (Å²) in [5.74, 6) is 0.297. The number of pyridine rings is 1. The van der Waals surface area contributed by atoms with Gasteiger partial charge in [0.2, 0.25) is 5.91 Å². The van der Waals surface area contributed by atoms with Crippen LogP contribution in [0.4, 0.5) is 11.5 Å². The summed E-state index contributed by atoms with van der Waals surface area (Å²) in [6.45, 7) is 2.01. The Morgan fingerprint density at radius 2 is 2.29 bits per heavy atom. The van der Waals surface area contributed by atoms with Gasteiger partial charge in [-0.3, -0.25) is 14.9 Å². The van der Waals surface area contributed by atoms with Crippen LogP contribution in [-0.4, -0.2) is 29.4 Å². The Balaban J connectivity index is 2.63. The lowest BCUT2D eigenvalue weighted by atomic mass is 10.2. The van der Waals surface area contributed by atoms with Gasteiger partial charge in [0, 0.05) is 31.8 Å². The van der Waals surface area contributed by atoms with Crippen molar-refractivity contribution in [3.8, 4) is 0 Å². The number of nitro groups is 1. The molecule has 0 aliphatic carbocycles. The maximum Gasteiger partial charge on any atom is 0.277 e. The first kappa shape index (κ1) is 12.9. The number of hydrogen-bond acceptors (Lipinski definition) is 5. The molecule has 0 saturated carbocycles. The van der Waals surface area contributed by atoms with Gasteiger partial charge in [-0.1, -0.05) is 0 Å². The van der Waals surface area contributed by atoms with Crippen LogP contribution in [0.3, 0.4) is 0 Å². The van der Waals surface area contributed by atoms with E-state index >= 15 is 0 Å². The fourth-order valence-electron chi connectivity index (χ4n) is 1.24. The van der Waals surface area contributed by atoms with E-state index in [1.54, 1.807) is 14.0 Å². The topological polar surface area (TPSA) is 97.2 Å². The first-order valence-electron chi connectivity index (χ1n) is 5.10. The van der Waals surface area contributed by atoms with Gasteiger partial charge in [-0.15, -0.1) is 0 Å². The van der Waals surface area contributed by atoms with Gasteiger partial charge in [0.05, 0.1) is 11.0 Å². The van der Waals surface area contributed by atoms with E-state index in [1.807, 2.05) is 0 Å². The molecule has 0 spiro atoms. The second-order valence-electron chi connectivity index (χ2n) is 3.46. The van der Waals surface area contributed by atoms with Crippen LogP contribution in [-0.2, 0) is 4.79 Å². The maximum atomic E-state index is 11.0. The van der Waals surface area contributed by atoms with E-state index in [0.29, 0.717) is 24.3 Å². The number of rotatable bonds is 5. The Labute approximate surface area is 98.4 Å². The standard InChI is InChI=1S/C10H14N4O3/c1-7-6-13-9(5-8(7)14(16)17)12-4-3-10(15)11-2/h5-6H,3-4H2,1-2H3,(H,11,15)(H,12,13). The van der Waals surface area contributed by atoms with Crippen molar-refractivity contribution < 1.29 is 9.72 Å². The smallest absolute Gasteiger partial charge is 0.277 e. The number of carbonyl (C=O) groups is 1. The van der Waals surface area contributed by atoms with Crippen molar-refractivity contribution in [1.29, 1.82) is 0 Å². The summed E-state index contributed by atoms with van der Waals surface area (Å²) >= 11 is 0. The molecular formula is C10H14N4O3. The van der Waals surface area contributed by atoms with Crippen LogP contribution in [0.1, 0.15) is 12.0 Å². The summed E-state index contributed by atoms with van der Waals surface area (Å²) in [6.07, 6.45) is 1.72. The SMILES string of the molecule is CNC(=O)CCNc1cc([N+](=O)[O-])c(C)cn1. The molecule has 92 valence electrons. The van der Waals surface area contributed by atoms with E-state index in [4.69, 9.17) is 0 Å². The predicted octanol–water partition coefficient (Wildman–Crippen LogP) is 0.846. The average molecular weight is 238 g/mol. The largest absolute Gasteiger partial charge is 0.369 e. The molecule has 0 saturated heterocycles. The lowest BCUT2D eigenvalue weighted by molar-refractivity contribution is -0.385. The van der Waals surface area contributed by atoms with Crippen molar-refractivity contribution in [3.05, 3.63) is 27.9 Å². The van der Waals surface area contributed by atoms with Gasteiger partial charge in [0.15, 0.2) is 0 Å². The van der Waals surface area contributed by atoms with Crippen molar-refractivity contribution >= 4 is 17.4 Å². The molecular weight excluding hydrogens is 224 g/mol. The van der Waals surface area contributed by atoms with Crippen molar-refractivity contribution in [1.82, 2.24) is 10.3 Å². The number of hydrogen-bond donors (Lipinski definition) is 2. The fraction of sp³-hybridized carbons (Fsp3) is 0.400. The molecule has 0 bridgehead atoms. The Kier molecular flexibility index (Phi) is 4.38. The molecule has 0 aliphatic rings. The summed E-state index contributed by atoms with van der Waals surface area (Å²) in [6, 6.07) is 1.36. The molecule has 1 heterocycles. The van der Waals surface area contributed by atoms with E-state index in [2.05, 4.69) is 15.6 Å². The van der Waals surface area contributed by atoms with Crippen LogP contribution in [0.2, 0.25) is 0 Å². The molecule has 7 nitrogen and oxygen atoms in total. The van der Waals surface area contributed by atoms with Crippen LogP contribution in [0.25, 0.3) is 0 Å². The number of nitrogens with zero attached hydrogens (tertiary/aromatic N) is 2. The number of aromatic nitrogens is 1. The van der Waals surface area contributed by atoms with Gasteiger partial charge in [-0.05, 0) is 6.92 Å². The van der Waals surface area contributed by atoms with E-state index in [-0.39, 0.29) is 11.6 Å². The molecule has 1 aromatic rings. The van der Waals surface area contributed by atoms with Gasteiger partial charge >= 0.3 is 0 Å². The van der Waals surface area contributed by atoms with Crippen LogP contribution in [0, 0.1) is 17.0 Å². The lowest BCUT2D eigenvalue weighted by Gasteiger charge is -2.05. The summed E-state index contributed by atoms with van der Waals surface area (Å²) in [5.41, 5.74) is 0.522. The molecule has 17 heavy (non-hydrogen) atoms. The first-order chi connectivity index (χ1) is 8.04. The third kappa shape index (κ3) is 3.71. The van der Waals surface area contributed by atoms with Crippen molar-refractivity contribution in [2.75, 3.05) is 18.9 Å². The van der Waals surface area contributed by atoms with Crippen molar-refractivity contribution in [2.24, 2.45) is 0 Å². The Morgan fingerprint density at radius 1 is 1.59 bits per heavy atom. The zero-order valence-electron chi connectivity index (χ0n) is 9.69. The highest BCUT2D eigenvalue weighted by Gasteiger charge is 2.11. The van der Waals surface area contributed by atoms with E-state index in [1.165, 1.54) is 12.3 Å². The molecule has 1 rings (SSSR count). The third-order valence-electron chi connectivity index (χ3n) is 2.21. The highest BCUT2D eigenvalue weighted by molar-refractivity contribution is 5.76. The summed E-state index contributed by atoms with van der Waals surface area (Å²) in [4.78, 5) is 25.2. The molecule has 2 N–H and O–H groups in total. The van der Waals surface area contributed by atoms with Gasteiger partial charge < -0.3 is 10.6 Å². The first-order valence-corrected chi connectivity index (χ1v) is 5.10. The molecule has 0 aromatic carbocycles. The fourth-order valence-corrected chi connectivity index (χ4v) is 1.24. The molecule has 0 atom stereocenters. The number of nitrogens with one attached hydrogen (secondary N) is 2. The Hall–Kier alpha value is -2.18. The summed E-state index contributed by atoms with van der Waals surface area (Å²) in [7, 11) is 1.55. The van der Waals surface area contributed by atoms with E-state index in [9.17, 15) is 14.9 Å². The number of aryl methyl sites for hydroxylation is 1. The van der Waals surface area contributed by atoms with Crippen LogP contribution in [0.5, 0.6) is 0 Å². The van der Waals surface area contributed by atoms with E-state index in [0.717, 1.165) is 0 Å². The minimum Gasteiger partial charge on any atom is -0.369 e. The van der Waals surface area contributed by atoms with Gasteiger partial charge in [-0.25, -0.2) is 4.98 Å². The molecule has 1 amide bonds. The quantitative estimate of drug-likeness (QED) is 0.585. The second kappa shape index (κ2) is 5.78. The Bertz CT molecular complexity index is 434. The van der Waals surface area contributed by atoms with Crippen molar-refractivity contribution in [3.63, 3.8) is 0 Å². The zero-order valence-corrected chi connectivity index (χ0v) is 9.69.